The smallest absolute Gasteiger partial charge is 0.428 e. The van der Waals surface area contributed by atoms with E-state index in [0.29, 0.717) is 6.42 Å². The molecular formula is C17H25NO4. The summed E-state index contributed by atoms with van der Waals surface area (Å²) in [6, 6.07) is 3.16. The van der Waals surface area contributed by atoms with Crippen LogP contribution in [0.3, 0.4) is 0 Å². The highest BCUT2D eigenvalue weighted by atomic mass is 16.7. The number of benzene rings is 1. The first-order chi connectivity index (χ1) is 9.99. The number of hydrogen-bond donors (Lipinski definition) is 1. The molecule has 2 N–H and O–H groups in total. The van der Waals surface area contributed by atoms with Crippen molar-refractivity contribution in [2.75, 3.05) is 0 Å². The minimum absolute atomic E-state index is 0.319. The number of rotatable bonds is 3. The third-order valence-electron chi connectivity index (χ3n) is 3.14. The van der Waals surface area contributed by atoms with Crippen LogP contribution in [-0.2, 0) is 20.7 Å². The minimum Gasteiger partial charge on any atom is -0.428 e. The molecule has 1 aromatic rings. The Kier molecular flexibility index (Phi) is 5.72. The molecular weight excluding hydrogens is 282 g/mol. The van der Waals surface area contributed by atoms with Gasteiger partial charge in [0.1, 0.15) is 11.6 Å². The standard InChI is InChI=1S/C17H25NO4/c1-10-7-11(2)13(12(3)8-10)9-14(18)15(19)21-16(20)22-17(4,5)6/h7-8,14H,9,18H2,1-6H3/t14-/m0/s1. The monoisotopic (exact) mass is 307 g/mol. The topological polar surface area (TPSA) is 78.6 Å². The average molecular weight is 307 g/mol. The zero-order valence-corrected chi connectivity index (χ0v) is 14.1. The molecule has 1 aromatic carbocycles. The molecule has 0 saturated carbocycles. The average Bonchev–Trinajstić information content (AvgIpc) is 2.30. The van der Waals surface area contributed by atoms with Crippen molar-refractivity contribution in [2.45, 2.75) is 59.6 Å². The van der Waals surface area contributed by atoms with Crippen LogP contribution in [0, 0.1) is 20.8 Å². The Morgan fingerprint density at radius 2 is 1.64 bits per heavy atom. The fraction of sp³-hybridized carbons (Fsp3) is 0.529. The van der Waals surface area contributed by atoms with Crippen molar-refractivity contribution in [2.24, 2.45) is 5.73 Å². The molecule has 122 valence electrons. The molecule has 0 aromatic heterocycles. The summed E-state index contributed by atoms with van der Waals surface area (Å²) in [5.74, 6) is -0.784. The van der Waals surface area contributed by atoms with Crippen LogP contribution in [0.5, 0.6) is 0 Å². The maximum Gasteiger partial charge on any atom is 0.516 e. The molecule has 0 fully saturated rings. The number of ether oxygens (including phenoxy) is 2. The van der Waals surface area contributed by atoms with Gasteiger partial charge in [-0.05, 0) is 64.7 Å². The Balaban J connectivity index is 2.71. The molecule has 0 radical (unpaired) electrons. The van der Waals surface area contributed by atoms with Gasteiger partial charge in [0, 0.05) is 0 Å². The van der Waals surface area contributed by atoms with Crippen molar-refractivity contribution in [1.29, 1.82) is 0 Å². The zero-order valence-electron chi connectivity index (χ0n) is 14.1. The fourth-order valence-electron chi connectivity index (χ4n) is 2.26. The van der Waals surface area contributed by atoms with Crippen LogP contribution in [0.2, 0.25) is 0 Å². The fourth-order valence-corrected chi connectivity index (χ4v) is 2.26. The molecule has 1 atom stereocenters. The molecule has 0 amide bonds. The number of hydrogen-bond acceptors (Lipinski definition) is 5. The quantitative estimate of drug-likeness (QED) is 0.686. The van der Waals surface area contributed by atoms with E-state index >= 15 is 0 Å². The van der Waals surface area contributed by atoms with Crippen molar-refractivity contribution in [3.8, 4) is 0 Å². The Morgan fingerprint density at radius 3 is 2.09 bits per heavy atom. The largest absolute Gasteiger partial charge is 0.516 e. The molecule has 5 heteroatoms. The van der Waals surface area contributed by atoms with Crippen LogP contribution in [0.25, 0.3) is 0 Å². The maximum absolute atomic E-state index is 11.9. The van der Waals surface area contributed by atoms with E-state index in [1.165, 1.54) is 0 Å². The maximum atomic E-state index is 11.9. The van der Waals surface area contributed by atoms with Gasteiger partial charge >= 0.3 is 12.1 Å². The lowest BCUT2D eigenvalue weighted by Gasteiger charge is -2.19. The summed E-state index contributed by atoms with van der Waals surface area (Å²) >= 11 is 0. The lowest BCUT2D eigenvalue weighted by molar-refractivity contribution is -0.142. The number of esters is 1. The molecule has 0 unspecified atom stereocenters. The Labute approximate surface area is 131 Å². The second-order valence-corrected chi connectivity index (χ2v) is 6.57. The number of carbonyl (C=O) groups excluding carboxylic acids is 2. The summed E-state index contributed by atoms with van der Waals surface area (Å²) in [6.07, 6.45) is -0.704. The van der Waals surface area contributed by atoms with Crippen LogP contribution < -0.4 is 5.73 Å². The lowest BCUT2D eigenvalue weighted by atomic mass is 9.95. The van der Waals surface area contributed by atoms with Crippen LogP contribution in [0.15, 0.2) is 12.1 Å². The van der Waals surface area contributed by atoms with Crippen LogP contribution in [-0.4, -0.2) is 23.8 Å². The van der Waals surface area contributed by atoms with Crippen molar-refractivity contribution in [3.05, 3.63) is 34.4 Å². The Hall–Kier alpha value is -1.88. The highest BCUT2D eigenvalue weighted by molar-refractivity contribution is 5.85. The molecule has 1 rings (SSSR count). The summed E-state index contributed by atoms with van der Waals surface area (Å²) < 4.78 is 9.57. The van der Waals surface area contributed by atoms with E-state index in [4.69, 9.17) is 10.5 Å². The van der Waals surface area contributed by atoms with Gasteiger partial charge in [-0.15, -0.1) is 0 Å². The van der Waals surface area contributed by atoms with E-state index in [9.17, 15) is 9.59 Å². The van der Waals surface area contributed by atoms with Gasteiger partial charge in [-0.25, -0.2) is 9.59 Å². The first-order valence-corrected chi connectivity index (χ1v) is 7.26. The van der Waals surface area contributed by atoms with Gasteiger partial charge in [0.2, 0.25) is 0 Å². The highest BCUT2D eigenvalue weighted by Gasteiger charge is 2.24. The minimum atomic E-state index is -1.02. The van der Waals surface area contributed by atoms with Crippen LogP contribution >= 0.6 is 0 Å². The van der Waals surface area contributed by atoms with E-state index in [2.05, 4.69) is 4.74 Å². The molecule has 0 bridgehead atoms. The summed E-state index contributed by atoms with van der Waals surface area (Å²) in [4.78, 5) is 23.4. The van der Waals surface area contributed by atoms with Gasteiger partial charge in [0.25, 0.3) is 0 Å². The third-order valence-corrected chi connectivity index (χ3v) is 3.14. The van der Waals surface area contributed by atoms with Gasteiger partial charge in [-0.2, -0.15) is 0 Å². The first kappa shape index (κ1) is 18.2. The normalized spacial score (nSPS) is 12.7. The van der Waals surface area contributed by atoms with Gasteiger partial charge < -0.3 is 15.2 Å². The van der Waals surface area contributed by atoms with Crippen LogP contribution in [0.1, 0.15) is 43.0 Å². The van der Waals surface area contributed by atoms with Gasteiger partial charge in [-0.1, -0.05) is 17.7 Å². The molecule has 22 heavy (non-hydrogen) atoms. The van der Waals surface area contributed by atoms with Gasteiger partial charge in [-0.3, -0.25) is 0 Å². The van der Waals surface area contributed by atoms with Crippen molar-refractivity contribution >= 4 is 12.1 Å². The second-order valence-electron chi connectivity index (χ2n) is 6.57. The molecule has 0 aliphatic rings. The van der Waals surface area contributed by atoms with Crippen molar-refractivity contribution in [1.82, 2.24) is 0 Å². The summed E-state index contributed by atoms with van der Waals surface area (Å²) in [7, 11) is 0. The Morgan fingerprint density at radius 1 is 1.14 bits per heavy atom. The molecule has 0 aliphatic heterocycles. The molecule has 0 heterocycles. The third kappa shape index (κ3) is 5.48. The lowest BCUT2D eigenvalue weighted by Crippen LogP contribution is -2.37. The van der Waals surface area contributed by atoms with E-state index in [0.717, 1.165) is 22.3 Å². The van der Waals surface area contributed by atoms with E-state index in [1.54, 1.807) is 20.8 Å². The summed E-state index contributed by atoms with van der Waals surface area (Å²) in [5, 5.41) is 0. The predicted octanol–water partition coefficient (Wildman–Crippen LogP) is 2.96. The highest BCUT2D eigenvalue weighted by Crippen LogP contribution is 2.18. The van der Waals surface area contributed by atoms with E-state index < -0.39 is 23.8 Å². The van der Waals surface area contributed by atoms with Gasteiger partial charge in [0.15, 0.2) is 0 Å². The molecule has 0 saturated heterocycles. The van der Waals surface area contributed by atoms with Crippen LogP contribution in [0.4, 0.5) is 4.79 Å². The summed E-state index contributed by atoms with van der Waals surface area (Å²) in [5.41, 5.74) is 9.43. The number of nitrogens with two attached hydrogens (primary N) is 1. The molecule has 0 aliphatic carbocycles. The van der Waals surface area contributed by atoms with Gasteiger partial charge in [0.05, 0.1) is 0 Å². The first-order valence-electron chi connectivity index (χ1n) is 7.26. The molecule has 0 spiro atoms. The van der Waals surface area contributed by atoms with E-state index in [-0.39, 0.29) is 0 Å². The SMILES string of the molecule is Cc1cc(C)c(C[C@H](N)C(=O)OC(=O)OC(C)(C)C)c(C)c1. The van der Waals surface area contributed by atoms with Crippen molar-refractivity contribution < 1.29 is 19.1 Å². The number of aryl methyl sites for hydroxylation is 3. The predicted molar refractivity (Wildman–Crippen MR) is 84.7 cm³/mol. The molecule has 5 nitrogen and oxygen atoms in total. The second kappa shape index (κ2) is 6.92. The number of carbonyl (C=O) groups is 2. The summed E-state index contributed by atoms with van der Waals surface area (Å²) in [6.45, 7) is 11.0. The zero-order chi connectivity index (χ0) is 17.1. The van der Waals surface area contributed by atoms with Crippen molar-refractivity contribution in [3.63, 3.8) is 0 Å². The Bertz CT molecular complexity index is 550. The van der Waals surface area contributed by atoms with E-state index in [1.807, 2.05) is 32.9 Å².